The van der Waals surface area contributed by atoms with E-state index in [4.69, 9.17) is 0 Å². The largest absolute Gasteiger partial charge is 0.391 e. The van der Waals surface area contributed by atoms with E-state index in [-0.39, 0.29) is 19.0 Å². The quantitative estimate of drug-likeness (QED) is 0.140. The molecule has 0 radical (unpaired) electrons. The third-order valence-electron chi connectivity index (χ3n) is 4.99. The summed E-state index contributed by atoms with van der Waals surface area (Å²) in [5, 5.41) is 2.61. The van der Waals surface area contributed by atoms with Crippen LogP contribution in [-0.2, 0) is 19.1 Å². The summed E-state index contributed by atoms with van der Waals surface area (Å²) >= 11 is 0. The number of nitrogens with one attached hydrogen (secondary N) is 1. The number of carbonyl (C=O) groups excluding carboxylic acids is 3. The highest BCUT2D eigenvalue weighted by atomic mass is 16.6. The molecule has 0 aromatic carbocycles. The number of hydrogen-bond donors (Lipinski definition) is 1. The maximum Gasteiger partial charge on any atom is 0.333 e. The lowest BCUT2D eigenvalue weighted by Crippen LogP contribution is -2.35. The Labute approximate surface area is 183 Å². The van der Waals surface area contributed by atoms with E-state index in [1.54, 1.807) is 14.1 Å². The van der Waals surface area contributed by atoms with Crippen molar-refractivity contribution in [3.8, 4) is 0 Å². The zero-order valence-corrected chi connectivity index (χ0v) is 19.5. The summed E-state index contributed by atoms with van der Waals surface area (Å²) in [6, 6.07) is 0. The van der Waals surface area contributed by atoms with E-state index in [0.29, 0.717) is 6.42 Å². The molecule has 0 aliphatic rings. The minimum Gasteiger partial charge on any atom is -0.391 e. The number of rotatable bonds is 19. The molecule has 0 unspecified atom stereocenters. The van der Waals surface area contributed by atoms with Crippen molar-refractivity contribution in [2.45, 2.75) is 96.8 Å². The highest BCUT2D eigenvalue weighted by molar-refractivity contribution is 5.89. The van der Waals surface area contributed by atoms with E-state index in [1.807, 2.05) is 0 Å². The van der Waals surface area contributed by atoms with Crippen molar-refractivity contribution in [3.63, 3.8) is 0 Å². The summed E-state index contributed by atoms with van der Waals surface area (Å²) in [6.07, 6.45) is 20.9. The second-order valence-electron chi connectivity index (χ2n) is 7.96. The normalized spacial score (nSPS) is 11.0. The van der Waals surface area contributed by atoms with E-state index in [0.717, 1.165) is 25.7 Å². The van der Waals surface area contributed by atoms with Gasteiger partial charge in [0.15, 0.2) is 0 Å². The van der Waals surface area contributed by atoms with Crippen molar-refractivity contribution >= 4 is 17.8 Å². The Morgan fingerprint density at radius 2 is 1.33 bits per heavy atom. The Morgan fingerprint density at radius 1 is 0.800 bits per heavy atom. The molecule has 1 N–H and O–H groups in total. The fraction of sp³-hybridized carbons (Fsp3) is 0.792. The number of carbonyl (C=O) groups is 3. The van der Waals surface area contributed by atoms with Crippen molar-refractivity contribution in [3.05, 3.63) is 12.2 Å². The smallest absolute Gasteiger partial charge is 0.333 e. The predicted molar refractivity (Wildman–Crippen MR) is 122 cm³/mol. The van der Waals surface area contributed by atoms with Gasteiger partial charge in [-0.15, -0.1) is 0 Å². The first-order valence-electron chi connectivity index (χ1n) is 11.8. The Hall–Kier alpha value is -1.69. The summed E-state index contributed by atoms with van der Waals surface area (Å²) in [5.41, 5.74) is 0. The number of esters is 2. The van der Waals surface area contributed by atoms with E-state index in [1.165, 1.54) is 62.7 Å². The SMILES string of the molecule is CCCCCCCC/C=C/CCCCCCCC(=O)N(C)CC(=O)OC(=O)CNC. The Kier molecular flexibility index (Phi) is 19.4. The van der Waals surface area contributed by atoms with Gasteiger partial charge >= 0.3 is 11.9 Å². The zero-order chi connectivity index (χ0) is 22.5. The van der Waals surface area contributed by atoms with Crippen LogP contribution in [0.3, 0.4) is 0 Å². The number of allylic oxidation sites excluding steroid dienone is 2. The van der Waals surface area contributed by atoms with Gasteiger partial charge in [-0.3, -0.25) is 9.59 Å². The lowest BCUT2D eigenvalue weighted by atomic mass is 10.1. The fourth-order valence-corrected chi connectivity index (χ4v) is 3.16. The number of likely N-dealkylation sites (N-methyl/N-ethyl adjacent to an activating group) is 2. The van der Waals surface area contributed by atoms with Gasteiger partial charge in [0.25, 0.3) is 0 Å². The van der Waals surface area contributed by atoms with E-state index < -0.39 is 11.9 Å². The second-order valence-corrected chi connectivity index (χ2v) is 7.96. The van der Waals surface area contributed by atoms with Gasteiger partial charge in [0.2, 0.25) is 5.91 Å². The topological polar surface area (TPSA) is 75.7 Å². The van der Waals surface area contributed by atoms with Gasteiger partial charge in [-0.1, -0.05) is 70.4 Å². The van der Waals surface area contributed by atoms with Crippen molar-refractivity contribution in [1.82, 2.24) is 10.2 Å². The van der Waals surface area contributed by atoms with Crippen molar-refractivity contribution in [1.29, 1.82) is 0 Å². The summed E-state index contributed by atoms with van der Waals surface area (Å²) in [6.45, 7) is 2.03. The third-order valence-corrected chi connectivity index (χ3v) is 4.99. The van der Waals surface area contributed by atoms with Crippen LogP contribution in [-0.4, -0.2) is 49.9 Å². The van der Waals surface area contributed by atoms with Crippen molar-refractivity contribution in [2.24, 2.45) is 0 Å². The molecule has 0 spiro atoms. The van der Waals surface area contributed by atoms with Crippen molar-refractivity contribution < 1.29 is 19.1 Å². The van der Waals surface area contributed by atoms with Gasteiger partial charge in [-0.25, -0.2) is 4.79 Å². The van der Waals surface area contributed by atoms with Gasteiger partial charge in [-0.05, 0) is 39.2 Å². The van der Waals surface area contributed by atoms with Crippen LogP contribution in [0.5, 0.6) is 0 Å². The summed E-state index contributed by atoms with van der Waals surface area (Å²) in [5.74, 6) is -1.43. The maximum absolute atomic E-state index is 12.0. The first kappa shape index (κ1) is 28.3. The molecule has 0 rings (SSSR count). The zero-order valence-electron chi connectivity index (χ0n) is 19.5. The van der Waals surface area contributed by atoms with E-state index in [2.05, 4.69) is 29.1 Å². The number of hydrogen-bond acceptors (Lipinski definition) is 5. The number of ether oxygens (including phenoxy) is 1. The minimum absolute atomic E-state index is 0.0294. The Balaban J connectivity index is 3.54. The van der Waals surface area contributed by atoms with Gasteiger partial charge in [0.05, 0.1) is 6.54 Å². The molecule has 6 nitrogen and oxygen atoms in total. The van der Waals surface area contributed by atoms with Crippen LogP contribution in [0.25, 0.3) is 0 Å². The first-order valence-corrected chi connectivity index (χ1v) is 11.8. The molecule has 0 aromatic heterocycles. The molecule has 0 aliphatic heterocycles. The summed E-state index contributed by atoms with van der Waals surface area (Å²) < 4.78 is 4.60. The van der Waals surface area contributed by atoms with Crippen molar-refractivity contribution in [2.75, 3.05) is 27.2 Å². The lowest BCUT2D eigenvalue weighted by molar-refractivity contribution is -0.161. The molecule has 0 aromatic rings. The standard InChI is InChI=1S/C24H44N2O4/c1-4-5-6-7-8-9-10-11-12-13-14-15-16-17-18-19-22(27)26(3)21-24(29)30-23(28)20-25-2/h11-12,25H,4-10,13-21H2,1-3H3/b12-11+. The number of amides is 1. The second kappa shape index (κ2) is 20.6. The van der Waals surface area contributed by atoms with Crippen LogP contribution in [0, 0.1) is 0 Å². The van der Waals surface area contributed by atoms with Crippen LogP contribution < -0.4 is 5.32 Å². The monoisotopic (exact) mass is 424 g/mol. The molecular formula is C24H44N2O4. The molecule has 0 atom stereocenters. The highest BCUT2D eigenvalue weighted by Gasteiger charge is 2.16. The Bertz CT molecular complexity index is 492. The van der Waals surface area contributed by atoms with Crippen LogP contribution >= 0.6 is 0 Å². The predicted octanol–water partition coefficient (Wildman–Crippen LogP) is 4.77. The molecule has 6 heteroatoms. The molecule has 0 saturated carbocycles. The number of nitrogens with zero attached hydrogens (tertiary/aromatic N) is 1. The average Bonchev–Trinajstić information content (AvgIpc) is 2.70. The van der Waals surface area contributed by atoms with Crippen LogP contribution in [0.1, 0.15) is 96.8 Å². The molecule has 0 aliphatic carbocycles. The molecular weight excluding hydrogens is 380 g/mol. The van der Waals surface area contributed by atoms with Gasteiger partial charge in [0, 0.05) is 13.5 Å². The molecule has 174 valence electrons. The van der Waals surface area contributed by atoms with Gasteiger partial charge < -0.3 is 15.0 Å². The third kappa shape index (κ3) is 18.3. The molecule has 0 bridgehead atoms. The number of unbranched alkanes of at least 4 members (excludes halogenated alkanes) is 11. The van der Waals surface area contributed by atoms with Crippen LogP contribution in [0.2, 0.25) is 0 Å². The fourth-order valence-electron chi connectivity index (χ4n) is 3.16. The molecule has 0 fully saturated rings. The Morgan fingerprint density at radius 3 is 1.90 bits per heavy atom. The molecule has 1 amide bonds. The summed E-state index contributed by atoms with van der Waals surface area (Å²) in [4.78, 5) is 36.2. The highest BCUT2D eigenvalue weighted by Crippen LogP contribution is 2.10. The van der Waals surface area contributed by atoms with Gasteiger partial charge in [-0.2, -0.15) is 0 Å². The van der Waals surface area contributed by atoms with Gasteiger partial charge in [0.1, 0.15) is 6.54 Å². The average molecular weight is 425 g/mol. The van der Waals surface area contributed by atoms with Crippen LogP contribution in [0.15, 0.2) is 12.2 Å². The van der Waals surface area contributed by atoms with Crippen LogP contribution in [0.4, 0.5) is 0 Å². The maximum atomic E-state index is 12.0. The molecule has 0 saturated heterocycles. The molecule has 30 heavy (non-hydrogen) atoms. The minimum atomic E-state index is -0.698. The van der Waals surface area contributed by atoms with E-state index in [9.17, 15) is 14.4 Å². The first-order chi connectivity index (χ1) is 14.5. The van der Waals surface area contributed by atoms with E-state index >= 15 is 0 Å². The molecule has 0 heterocycles. The lowest BCUT2D eigenvalue weighted by Gasteiger charge is -2.15. The summed E-state index contributed by atoms with van der Waals surface area (Å²) in [7, 11) is 3.15.